The van der Waals surface area contributed by atoms with Gasteiger partial charge in [-0.05, 0) is 6.92 Å². The van der Waals surface area contributed by atoms with Crippen molar-refractivity contribution in [2.75, 3.05) is 0 Å². The fraction of sp³-hybridized carbons (Fsp3) is 0.222. The SMILES string of the molecule is Cc1noc(-c2c[nH]c(=O)cn2)c1CO. The Labute approximate surface area is 84.6 Å². The number of aryl methyl sites for hydroxylation is 1. The highest BCUT2D eigenvalue weighted by Gasteiger charge is 2.14. The highest BCUT2D eigenvalue weighted by Crippen LogP contribution is 2.22. The summed E-state index contributed by atoms with van der Waals surface area (Å²) < 4.78 is 5.02. The molecule has 0 aromatic carbocycles. The number of aliphatic hydroxyl groups excluding tert-OH is 1. The van der Waals surface area contributed by atoms with E-state index < -0.39 is 0 Å². The summed E-state index contributed by atoms with van der Waals surface area (Å²) in [4.78, 5) is 17.2. The van der Waals surface area contributed by atoms with Crippen LogP contribution in [0, 0.1) is 6.92 Å². The van der Waals surface area contributed by atoms with Gasteiger partial charge in [-0.3, -0.25) is 4.79 Å². The van der Waals surface area contributed by atoms with E-state index in [9.17, 15) is 4.79 Å². The molecule has 0 aliphatic rings. The van der Waals surface area contributed by atoms with Gasteiger partial charge >= 0.3 is 0 Å². The molecule has 2 N–H and O–H groups in total. The van der Waals surface area contributed by atoms with E-state index in [1.54, 1.807) is 6.92 Å². The Morgan fingerprint density at radius 1 is 1.60 bits per heavy atom. The Morgan fingerprint density at radius 2 is 2.40 bits per heavy atom. The zero-order valence-corrected chi connectivity index (χ0v) is 8.02. The second-order valence-corrected chi connectivity index (χ2v) is 3.03. The van der Waals surface area contributed by atoms with Crippen LogP contribution in [0.5, 0.6) is 0 Å². The number of nitrogens with one attached hydrogen (secondary N) is 1. The Morgan fingerprint density at radius 3 is 3.00 bits per heavy atom. The third-order valence-electron chi connectivity index (χ3n) is 2.05. The van der Waals surface area contributed by atoms with E-state index >= 15 is 0 Å². The van der Waals surface area contributed by atoms with Gasteiger partial charge in [0, 0.05) is 11.8 Å². The molecular weight excluding hydrogens is 198 g/mol. The summed E-state index contributed by atoms with van der Waals surface area (Å²) in [6.45, 7) is 1.55. The standard InChI is InChI=1S/C9H9N3O3/c1-5-6(4-13)9(15-12-5)7-2-11-8(14)3-10-7/h2-3,13H,4H2,1H3,(H,11,14). The monoisotopic (exact) mass is 207 g/mol. The fourth-order valence-corrected chi connectivity index (χ4v) is 1.24. The lowest BCUT2D eigenvalue weighted by Gasteiger charge is -1.96. The molecule has 0 amide bonds. The number of hydrogen-bond acceptors (Lipinski definition) is 5. The van der Waals surface area contributed by atoms with Gasteiger partial charge in [0.05, 0.1) is 18.5 Å². The number of aliphatic hydroxyl groups is 1. The van der Waals surface area contributed by atoms with E-state index in [4.69, 9.17) is 9.63 Å². The summed E-state index contributed by atoms with van der Waals surface area (Å²) in [7, 11) is 0. The molecule has 6 heteroatoms. The summed E-state index contributed by atoms with van der Waals surface area (Å²) in [6, 6.07) is 0. The summed E-state index contributed by atoms with van der Waals surface area (Å²) in [5.41, 5.74) is 1.34. The van der Waals surface area contributed by atoms with Crippen LogP contribution in [0.25, 0.3) is 11.5 Å². The fourth-order valence-electron chi connectivity index (χ4n) is 1.24. The number of H-pyrrole nitrogens is 1. The molecule has 0 radical (unpaired) electrons. The van der Waals surface area contributed by atoms with Crippen molar-refractivity contribution >= 4 is 0 Å². The Kier molecular flexibility index (Phi) is 2.34. The van der Waals surface area contributed by atoms with Crippen molar-refractivity contribution < 1.29 is 9.63 Å². The second kappa shape index (κ2) is 3.66. The van der Waals surface area contributed by atoms with Gasteiger partial charge in [0.1, 0.15) is 5.69 Å². The largest absolute Gasteiger partial charge is 0.391 e. The van der Waals surface area contributed by atoms with Gasteiger partial charge < -0.3 is 14.6 Å². The van der Waals surface area contributed by atoms with Crippen LogP contribution in [-0.2, 0) is 6.61 Å². The first kappa shape index (κ1) is 9.60. The molecule has 0 aliphatic heterocycles. The molecule has 15 heavy (non-hydrogen) atoms. The lowest BCUT2D eigenvalue weighted by atomic mass is 10.2. The first-order chi connectivity index (χ1) is 7.22. The van der Waals surface area contributed by atoms with Crippen LogP contribution in [0.15, 0.2) is 21.7 Å². The van der Waals surface area contributed by atoms with Crippen LogP contribution in [0.3, 0.4) is 0 Å². The average molecular weight is 207 g/mol. The van der Waals surface area contributed by atoms with Crippen LogP contribution in [-0.4, -0.2) is 20.2 Å². The molecule has 0 aliphatic carbocycles. The Hall–Kier alpha value is -1.95. The van der Waals surface area contributed by atoms with Crippen LogP contribution in [0.1, 0.15) is 11.3 Å². The third kappa shape index (κ3) is 1.66. The number of aromatic amines is 1. The maximum absolute atomic E-state index is 10.8. The van der Waals surface area contributed by atoms with Crippen molar-refractivity contribution in [3.8, 4) is 11.5 Å². The molecule has 2 heterocycles. The van der Waals surface area contributed by atoms with E-state index in [0.717, 1.165) is 6.20 Å². The molecule has 0 spiro atoms. The van der Waals surface area contributed by atoms with Gasteiger partial charge in [-0.1, -0.05) is 5.16 Å². The van der Waals surface area contributed by atoms with Gasteiger partial charge in [-0.25, -0.2) is 4.98 Å². The molecule has 0 atom stereocenters. The predicted molar refractivity (Wildman–Crippen MR) is 51.0 cm³/mol. The summed E-state index contributed by atoms with van der Waals surface area (Å²) in [5, 5.41) is 12.8. The normalized spacial score (nSPS) is 10.5. The van der Waals surface area contributed by atoms with Crippen molar-refractivity contribution in [2.45, 2.75) is 13.5 Å². The van der Waals surface area contributed by atoms with Crippen molar-refractivity contribution in [1.29, 1.82) is 0 Å². The molecular formula is C9H9N3O3. The quantitative estimate of drug-likeness (QED) is 0.735. The van der Waals surface area contributed by atoms with E-state index in [1.807, 2.05) is 0 Å². The molecule has 0 fully saturated rings. The van der Waals surface area contributed by atoms with Crippen LogP contribution in [0.2, 0.25) is 0 Å². The van der Waals surface area contributed by atoms with Crippen molar-refractivity contribution in [3.05, 3.63) is 34.0 Å². The van der Waals surface area contributed by atoms with Crippen LogP contribution in [0.4, 0.5) is 0 Å². The predicted octanol–water partition coefficient (Wildman–Crippen LogP) is 0.226. The average Bonchev–Trinajstić information content (AvgIpc) is 2.61. The maximum Gasteiger partial charge on any atom is 0.266 e. The van der Waals surface area contributed by atoms with Gasteiger partial charge in [-0.15, -0.1) is 0 Å². The number of aromatic nitrogens is 3. The molecule has 0 unspecified atom stereocenters. The van der Waals surface area contributed by atoms with Crippen molar-refractivity contribution in [3.63, 3.8) is 0 Å². The Balaban J connectivity index is 2.53. The van der Waals surface area contributed by atoms with E-state index in [2.05, 4.69) is 15.1 Å². The highest BCUT2D eigenvalue weighted by atomic mass is 16.5. The van der Waals surface area contributed by atoms with E-state index in [0.29, 0.717) is 22.7 Å². The molecule has 0 saturated carbocycles. The molecule has 2 aromatic rings. The first-order valence-corrected chi connectivity index (χ1v) is 4.33. The minimum atomic E-state index is -0.291. The van der Waals surface area contributed by atoms with Gasteiger partial charge in [0.15, 0.2) is 5.76 Å². The first-order valence-electron chi connectivity index (χ1n) is 4.33. The molecule has 2 aromatic heterocycles. The summed E-state index contributed by atoms with van der Waals surface area (Å²) in [6.07, 6.45) is 2.57. The van der Waals surface area contributed by atoms with E-state index in [1.165, 1.54) is 6.20 Å². The van der Waals surface area contributed by atoms with Crippen molar-refractivity contribution in [1.82, 2.24) is 15.1 Å². The lowest BCUT2D eigenvalue weighted by Crippen LogP contribution is -2.04. The molecule has 0 saturated heterocycles. The zero-order chi connectivity index (χ0) is 10.8. The minimum Gasteiger partial charge on any atom is -0.391 e. The molecule has 6 nitrogen and oxygen atoms in total. The number of nitrogens with zero attached hydrogens (tertiary/aromatic N) is 2. The number of rotatable bonds is 2. The Bertz CT molecular complexity index is 509. The van der Waals surface area contributed by atoms with E-state index in [-0.39, 0.29) is 12.2 Å². The van der Waals surface area contributed by atoms with Gasteiger partial charge in [0.25, 0.3) is 5.56 Å². The molecule has 0 bridgehead atoms. The second-order valence-electron chi connectivity index (χ2n) is 3.03. The smallest absolute Gasteiger partial charge is 0.266 e. The van der Waals surface area contributed by atoms with Gasteiger partial charge in [-0.2, -0.15) is 0 Å². The summed E-state index contributed by atoms with van der Waals surface area (Å²) >= 11 is 0. The molecule has 2 rings (SSSR count). The third-order valence-corrected chi connectivity index (χ3v) is 2.05. The number of hydrogen-bond donors (Lipinski definition) is 2. The zero-order valence-electron chi connectivity index (χ0n) is 8.02. The topological polar surface area (TPSA) is 92.0 Å². The minimum absolute atomic E-state index is 0.175. The van der Waals surface area contributed by atoms with Crippen molar-refractivity contribution in [2.24, 2.45) is 0 Å². The van der Waals surface area contributed by atoms with Crippen LogP contribution < -0.4 is 5.56 Å². The van der Waals surface area contributed by atoms with Gasteiger partial charge in [0.2, 0.25) is 0 Å². The van der Waals surface area contributed by atoms with Crippen LogP contribution >= 0.6 is 0 Å². The molecule has 78 valence electrons. The highest BCUT2D eigenvalue weighted by molar-refractivity contribution is 5.55. The lowest BCUT2D eigenvalue weighted by molar-refractivity contribution is 0.280. The summed E-state index contributed by atoms with van der Waals surface area (Å²) in [5.74, 6) is 0.381. The maximum atomic E-state index is 10.8.